The highest BCUT2D eigenvalue weighted by Crippen LogP contribution is 1.70. The van der Waals surface area contributed by atoms with Gasteiger partial charge >= 0.3 is 5.91 Å². The van der Waals surface area contributed by atoms with Crippen molar-refractivity contribution in [1.29, 1.82) is 0 Å². The molecule has 42 valence electrons. The van der Waals surface area contributed by atoms with Gasteiger partial charge in [0.25, 0.3) is 0 Å². The van der Waals surface area contributed by atoms with Crippen molar-refractivity contribution in [3.8, 4) is 0 Å². The predicted octanol–water partition coefficient (Wildman–Crippen LogP) is -1.25. The maximum atomic E-state index is 10.5. The summed E-state index contributed by atoms with van der Waals surface area (Å²) in [5, 5.41) is 3.97. The van der Waals surface area contributed by atoms with Crippen LogP contribution in [0.4, 0.5) is 0 Å². The van der Waals surface area contributed by atoms with Crippen LogP contribution in [-0.4, -0.2) is 12.1 Å². The van der Waals surface area contributed by atoms with Crippen molar-refractivity contribution in [3.05, 3.63) is 19.2 Å². The lowest BCUT2D eigenvalue weighted by Crippen LogP contribution is -3.05. The Bertz CT molecular complexity index is 160. The summed E-state index contributed by atoms with van der Waals surface area (Å²) in [6, 6.07) is 0. The van der Waals surface area contributed by atoms with Gasteiger partial charge in [0, 0.05) is 6.08 Å². The van der Waals surface area contributed by atoms with Gasteiger partial charge in [0.1, 0.15) is 0 Å². The zero-order chi connectivity index (χ0) is 5.98. The fraction of sp³-hybridized carbons (Fsp3) is 0. The highest BCUT2D eigenvalue weighted by atomic mass is 16.2. The zero-order valence-corrected chi connectivity index (χ0v) is 4.29. The second-order valence-electron chi connectivity index (χ2n) is 1.45. The molecule has 1 atom stereocenters. The third-order valence-electron chi connectivity index (χ3n) is 0.848. The van der Waals surface area contributed by atoms with Gasteiger partial charge in [-0.15, -0.1) is 12.1 Å². The van der Waals surface area contributed by atoms with Crippen LogP contribution in [0.3, 0.4) is 0 Å². The number of carbonyl (C=O) groups excluding carboxylic acids is 1. The SMILES string of the molecule is [CH2-][NH+]1N=CC=CC1=O. The van der Waals surface area contributed by atoms with E-state index in [2.05, 4.69) is 12.1 Å². The third kappa shape index (κ3) is 0.816. The van der Waals surface area contributed by atoms with E-state index in [9.17, 15) is 4.79 Å². The van der Waals surface area contributed by atoms with Crippen LogP contribution in [0.1, 0.15) is 0 Å². The Balaban J connectivity index is 2.74. The van der Waals surface area contributed by atoms with Crippen LogP contribution in [0.15, 0.2) is 17.3 Å². The average molecular weight is 110 g/mol. The van der Waals surface area contributed by atoms with Crippen molar-refractivity contribution in [2.75, 3.05) is 0 Å². The van der Waals surface area contributed by atoms with E-state index in [0.29, 0.717) is 5.01 Å². The Morgan fingerprint density at radius 1 is 1.75 bits per heavy atom. The Labute approximate surface area is 47.3 Å². The number of amides is 1. The predicted molar refractivity (Wildman–Crippen MR) is 29.0 cm³/mol. The minimum absolute atomic E-state index is 0.104. The van der Waals surface area contributed by atoms with Gasteiger partial charge in [-0.3, -0.25) is 5.01 Å². The van der Waals surface area contributed by atoms with E-state index in [1.54, 1.807) is 12.3 Å². The molecule has 0 fully saturated rings. The largest absolute Gasteiger partial charge is 0.336 e. The highest BCUT2D eigenvalue weighted by molar-refractivity contribution is 5.88. The first-order chi connectivity index (χ1) is 3.80. The first-order valence-corrected chi connectivity index (χ1v) is 2.24. The van der Waals surface area contributed by atoms with Crippen LogP contribution < -0.4 is 5.01 Å². The summed E-state index contributed by atoms with van der Waals surface area (Å²) in [7, 11) is 3.40. The molecule has 0 aromatic rings. The minimum atomic E-state index is -0.104. The molecular formula is C5H6N2O. The van der Waals surface area contributed by atoms with Crippen molar-refractivity contribution < 1.29 is 9.80 Å². The Morgan fingerprint density at radius 2 is 2.50 bits per heavy atom. The summed E-state index contributed by atoms with van der Waals surface area (Å²) in [5.41, 5.74) is 0. The molecule has 0 aromatic carbocycles. The fourth-order valence-electron chi connectivity index (χ4n) is 0.423. The Kier molecular flexibility index (Phi) is 1.22. The lowest BCUT2D eigenvalue weighted by Gasteiger charge is -2.08. The van der Waals surface area contributed by atoms with Gasteiger partial charge < -0.3 is 0 Å². The number of rotatable bonds is 0. The van der Waals surface area contributed by atoms with Crippen molar-refractivity contribution >= 4 is 12.1 Å². The molecule has 0 saturated heterocycles. The van der Waals surface area contributed by atoms with Crippen LogP contribution in [-0.2, 0) is 4.79 Å². The Morgan fingerprint density at radius 3 is 2.88 bits per heavy atom. The zero-order valence-electron chi connectivity index (χ0n) is 4.29. The molecule has 3 heteroatoms. The van der Waals surface area contributed by atoms with Crippen LogP contribution in [0.5, 0.6) is 0 Å². The molecule has 0 aromatic heterocycles. The number of carbonyl (C=O) groups is 1. The van der Waals surface area contributed by atoms with Gasteiger partial charge in [0.2, 0.25) is 0 Å². The Hall–Kier alpha value is -0.960. The summed E-state index contributed by atoms with van der Waals surface area (Å²) in [6.45, 7) is 0. The quantitative estimate of drug-likeness (QED) is 0.388. The van der Waals surface area contributed by atoms with Gasteiger partial charge in [-0.05, 0) is 6.08 Å². The molecule has 0 saturated carbocycles. The molecule has 0 aliphatic carbocycles. The lowest BCUT2D eigenvalue weighted by molar-refractivity contribution is -0.774. The standard InChI is InChI=1S/C5H6N2O/c1-7-5(8)3-2-4-6-7/h2-4,7H,1H2. The molecule has 1 aliphatic rings. The molecule has 0 spiro atoms. The van der Waals surface area contributed by atoms with E-state index < -0.39 is 0 Å². The van der Waals surface area contributed by atoms with Gasteiger partial charge in [0.15, 0.2) is 0 Å². The summed E-state index contributed by atoms with van der Waals surface area (Å²) < 4.78 is 0. The molecule has 1 aliphatic heterocycles. The lowest BCUT2D eigenvalue weighted by atomic mass is 10.4. The molecule has 1 rings (SSSR count). The van der Waals surface area contributed by atoms with Gasteiger partial charge in [-0.25, -0.2) is 4.79 Å². The number of quaternary nitrogens is 1. The minimum Gasteiger partial charge on any atom is -0.273 e. The summed E-state index contributed by atoms with van der Waals surface area (Å²) in [6.07, 6.45) is 4.58. The van der Waals surface area contributed by atoms with E-state index in [4.69, 9.17) is 0 Å². The first-order valence-electron chi connectivity index (χ1n) is 2.24. The molecule has 1 amide bonds. The number of nitrogens with zero attached hydrogens (tertiary/aromatic N) is 1. The third-order valence-corrected chi connectivity index (χ3v) is 0.848. The normalized spacial score (nSPS) is 26.6. The molecule has 0 radical (unpaired) electrons. The van der Waals surface area contributed by atoms with E-state index >= 15 is 0 Å². The molecule has 3 nitrogen and oxygen atoms in total. The molecule has 8 heavy (non-hydrogen) atoms. The second kappa shape index (κ2) is 1.88. The van der Waals surface area contributed by atoms with Crippen molar-refractivity contribution in [2.45, 2.75) is 0 Å². The maximum absolute atomic E-state index is 10.5. The molecule has 1 N–H and O–H groups in total. The van der Waals surface area contributed by atoms with Crippen LogP contribution in [0.2, 0.25) is 0 Å². The highest BCUT2D eigenvalue weighted by Gasteiger charge is 2.04. The summed E-state index contributed by atoms with van der Waals surface area (Å²) in [4.78, 5) is 10.5. The molecule has 1 unspecified atom stereocenters. The number of hydrogen-bond donors (Lipinski definition) is 1. The molecule has 0 bridgehead atoms. The monoisotopic (exact) mass is 110 g/mol. The van der Waals surface area contributed by atoms with Crippen LogP contribution in [0.25, 0.3) is 0 Å². The maximum Gasteiger partial charge on any atom is 0.336 e. The van der Waals surface area contributed by atoms with Crippen molar-refractivity contribution in [3.63, 3.8) is 0 Å². The van der Waals surface area contributed by atoms with Gasteiger partial charge in [-0.1, -0.05) is 0 Å². The molecular weight excluding hydrogens is 104 g/mol. The topological polar surface area (TPSA) is 33.9 Å². The fourth-order valence-corrected chi connectivity index (χ4v) is 0.423. The van der Waals surface area contributed by atoms with E-state index in [1.807, 2.05) is 0 Å². The number of nitrogens with one attached hydrogen (secondary N) is 1. The molecule has 1 heterocycles. The smallest absolute Gasteiger partial charge is 0.273 e. The first kappa shape index (κ1) is 5.18. The summed E-state index contributed by atoms with van der Waals surface area (Å²) in [5.74, 6) is -0.104. The van der Waals surface area contributed by atoms with Gasteiger partial charge in [0.05, 0.1) is 6.21 Å². The summed E-state index contributed by atoms with van der Waals surface area (Å²) >= 11 is 0. The van der Waals surface area contributed by atoms with E-state index in [0.717, 1.165) is 0 Å². The van der Waals surface area contributed by atoms with Crippen molar-refractivity contribution in [2.24, 2.45) is 5.10 Å². The van der Waals surface area contributed by atoms with Crippen molar-refractivity contribution in [1.82, 2.24) is 0 Å². The average Bonchev–Trinajstić information content (AvgIpc) is 1.77. The van der Waals surface area contributed by atoms with E-state index in [1.165, 1.54) is 6.08 Å². The second-order valence-corrected chi connectivity index (χ2v) is 1.45. The number of hydrogen-bond acceptors (Lipinski definition) is 2. The van der Waals surface area contributed by atoms with Crippen LogP contribution in [0, 0.1) is 7.05 Å². The number of allylic oxidation sites excluding steroid dienone is 1. The van der Waals surface area contributed by atoms with E-state index in [-0.39, 0.29) is 5.91 Å². The van der Waals surface area contributed by atoms with Crippen LogP contribution >= 0.6 is 0 Å². The van der Waals surface area contributed by atoms with Gasteiger partial charge in [-0.2, -0.15) is 0 Å².